The Labute approximate surface area is 184 Å². The lowest BCUT2D eigenvalue weighted by atomic mass is 9.85. The Morgan fingerprint density at radius 2 is 1.94 bits per heavy atom. The fraction of sp³-hybridized carbons (Fsp3) is 0.208. The SMILES string of the molecule is CNCC1(c2ccccc2)Cc2c(ccc(Cl)c2-c2c(C(N)=O)ccc(OC)c2F)O1. The van der Waals surface area contributed by atoms with Crippen molar-refractivity contribution in [2.75, 3.05) is 20.7 Å². The number of primary amides is 1. The Morgan fingerprint density at radius 1 is 1.19 bits per heavy atom. The minimum absolute atomic E-state index is 0.00266. The molecule has 3 N–H and O–H groups in total. The predicted octanol–water partition coefficient (Wildman–Crippen LogP) is 4.30. The molecule has 7 heteroatoms. The van der Waals surface area contributed by atoms with Gasteiger partial charge in [-0.25, -0.2) is 4.39 Å². The summed E-state index contributed by atoms with van der Waals surface area (Å²) in [5.41, 5.74) is 6.98. The van der Waals surface area contributed by atoms with Gasteiger partial charge in [-0.2, -0.15) is 0 Å². The molecule has 1 atom stereocenters. The van der Waals surface area contributed by atoms with E-state index in [1.54, 1.807) is 12.1 Å². The molecular weight excluding hydrogens is 419 g/mol. The number of nitrogens with two attached hydrogens (primary N) is 1. The van der Waals surface area contributed by atoms with Crippen LogP contribution in [0.2, 0.25) is 5.02 Å². The summed E-state index contributed by atoms with van der Waals surface area (Å²) in [5, 5.41) is 3.49. The van der Waals surface area contributed by atoms with E-state index in [9.17, 15) is 4.79 Å². The summed E-state index contributed by atoms with van der Waals surface area (Å²) in [4.78, 5) is 12.1. The van der Waals surface area contributed by atoms with Gasteiger partial charge in [0.1, 0.15) is 5.75 Å². The van der Waals surface area contributed by atoms with Crippen LogP contribution >= 0.6 is 11.6 Å². The number of amides is 1. The van der Waals surface area contributed by atoms with E-state index in [1.165, 1.54) is 19.2 Å². The lowest BCUT2D eigenvalue weighted by Crippen LogP contribution is -2.41. The van der Waals surface area contributed by atoms with Crippen LogP contribution in [0.3, 0.4) is 0 Å². The van der Waals surface area contributed by atoms with Gasteiger partial charge in [-0.3, -0.25) is 4.79 Å². The first-order valence-electron chi connectivity index (χ1n) is 9.79. The molecule has 1 amide bonds. The average Bonchev–Trinajstić information content (AvgIpc) is 3.14. The van der Waals surface area contributed by atoms with Crippen LogP contribution in [0.1, 0.15) is 21.5 Å². The average molecular weight is 441 g/mol. The number of halogens is 2. The Kier molecular flexibility index (Phi) is 5.60. The van der Waals surface area contributed by atoms with E-state index in [0.717, 1.165) is 5.56 Å². The molecule has 0 aromatic heterocycles. The van der Waals surface area contributed by atoms with Crippen LogP contribution in [0.4, 0.5) is 4.39 Å². The van der Waals surface area contributed by atoms with Crippen molar-refractivity contribution < 1.29 is 18.7 Å². The van der Waals surface area contributed by atoms with E-state index >= 15 is 4.39 Å². The number of hydrogen-bond donors (Lipinski definition) is 2. The Balaban J connectivity index is 1.96. The van der Waals surface area contributed by atoms with Crippen LogP contribution in [0.15, 0.2) is 54.6 Å². The molecule has 0 fully saturated rings. The lowest BCUT2D eigenvalue weighted by Gasteiger charge is -2.29. The van der Waals surface area contributed by atoms with E-state index in [4.69, 9.17) is 26.8 Å². The molecule has 1 aliphatic rings. The van der Waals surface area contributed by atoms with Crippen LogP contribution < -0.4 is 20.5 Å². The van der Waals surface area contributed by atoms with Gasteiger partial charge in [0.05, 0.1) is 12.7 Å². The molecule has 0 radical (unpaired) electrons. The summed E-state index contributed by atoms with van der Waals surface area (Å²) < 4.78 is 27.0. The smallest absolute Gasteiger partial charge is 0.249 e. The number of fused-ring (bicyclic) bond motifs is 1. The van der Waals surface area contributed by atoms with Crippen LogP contribution in [0.5, 0.6) is 11.5 Å². The zero-order valence-corrected chi connectivity index (χ0v) is 17.9. The van der Waals surface area contributed by atoms with Crippen molar-refractivity contribution in [3.05, 3.63) is 82.1 Å². The first kappa shape index (κ1) is 21.2. The summed E-state index contributed by atoms with van der Waals surface area (Å²) in [6.07, 6.45) is 0.429. The second-order valence-electron chi connectivity index (χ2n) is 7.44. The number of ether oxygens (including phenoxy) is 2. The molecule has 3 aromatic rings. The third-order valence-electron chi connectivity index (χ3n) is 5.59. The van der Waals surface area contributed by atoms with Crippen molar-refractivity contribution >= 4 is 17.5 Å². The van der Waals surface area contributed by atoms with Crippen molar-refractivity contribution in [2.24, 2.45) is 5.73 Å². The molecule has 0 bridgehead atoms. The zero-order valence-electron chi connectivity index (χ0n) is 17.2. The summed E-state index contributed by atoms with van der Waals surface area (Å²) >= 11 is 6.57. The molecule has 31 heavy (non-hydrogen) atoms. The van der Waals surface area contributed by atoms with Gasteiger partial charge < -0.3 is 20.5 Å². The molecule has 1 aliphatic heterocycles. The summed E-state index contributed by atoms with van der Waals surface area (Å²) in [6.45, 7) is 0.520. The maximum absolute atomic E-state index is 15.4. The van der Waals surface area contributed by atoms with Gasteiger partial charge in [-0.1, -0.05) is 41.9 Å². The third-order valence-corrected chi connectivity index (χ3v) is 5.91. The molecule has 4 rings (SSSR count). The fourth-order valence-corrected chi connectivity index (χ4v) is 4.50. The van der Waals surface area contributed by atoms with E-state index in [2.05, 4.69) is 5.32 Å². The number of carbonyl (C=O) groups excluding carboxylic acids is 1. The normalized spacial score (nSPS) is 17.2. The number of benzene rings is 3. The standard InChI is InChI=1S/C24H22ClFN2O3/c1-28-13-24(14-6-4-3-5-7-14)12-16-18(31-24)11-9-17(25)20(16)21-15(23(27)29)8-10-19(30-2)22(21)26/h3-11,28H,12-13H2,1-2H3,(H2,27,29). The summed E-state index contributed by atoms with van der Waals surface area (Å²) in [6, 6.07) is 16.0. The maximum atomic E-state index is 15.4. The number of likely N-dealkylation sites (N-methyl/N-ethyl adjacent to an activating group) is 1. The first-order chi connectivity index (χ1) is 14.9. The van der Waals surface area contributed by atoms with Crippen molar-refractivity contribution in [1.29, 1.82) is 0 Å². The minimum Gasteiger partial charge on any atom is -0.494 e. The zero-order chi connectivity index (χ0) is 22.2. The number of carbonyl (C=O) groups is 1. The minimum atomic E-state index is -0.756. The Bertz CT molecular complexity index is 1150. The molecule has 1 heterocycles. The fourth-order valence-electron chi connectivity index (χ4n) is 4.23. The van der Waals surface area contributed by atoms with Gasteiger partial charge in [0.15, 0.2) is 17.2 Å². The lowest BCUT2D eigenvalue weighted by molar-refractivity contribution is 0.0943. The molecule has 0 spiro atoms. The molecule has 0 aliphatic carbocycles. The number of rotatable bonds is 6. The van der Waals surface area contributed by atoms with E-state index in [1.807, 2.05) is 37.4 Å². The highest BCUT2D eigenvalue weighted by atomic mass is 35.5. The van der Waals surface area contributed by atoms with Gasteiger partial charge in [0.25, 0.3) is 0 Å². The van der Waals surface area contributed by atoms with Crippen LogP contribution in [-0.4, -0.2) is 26.6 Å². The summed E-state index contributed by atoms with van der Waals surface area (Å²) in [5.74, 6) is -0.873. The van der Waals surface area contributed by atoms with Gasteiger partial charge in [0, 0.05) is 34.7 Å². The molecule has 3 aromatic carbocycles. The molecule has 0 saturated heterocycles. The number of nitrogens with one attached hydrogen (secondary N) is 1. The van der Waals surface area contributed by atoms with E-state index in [0.29, 0.717) is 34.9 Å². The highest BCUT2D eigenvalue weighted by Crippen LogP contribution is 2.49. The molecule has 1 unspecified atom stereocenters. The summed E-state index contributed by atoms with van der Waals surface area (Å²) in [7, 11) is 3.21. The predicted molar refractivity (Wildman–Crippen MR) is 118 cm³/mol. The van der Waals surface area contributed by atoms with Crippen LogP contribution in [0.25, 0.3) is 11.1 Å². The second kappa shape index (κ2) is 8.21. The quantitative estimate of drug-likeness (QED) is 0.599. The highest BCUT2D eigenvalue weighted by molar-refractivity contribution is 6.34. The van der Waals surface area contributed by atoms with E-state index in [-0.39, 0.29) is 16.9 Å². The van der Waals surface area contributed by atoms with Crippen molar-refractivity contribution in [2.45, 2.75) is 12.0 Å². The largest absolute Gasteiger partial charge is 0.494 e. The van der Waals surface area contributed by atoms with Gasteiger partial charge >= 0.3 is 0 Å². The van der Waals surface area contributed by atoms with Gasteiger partial charge in [0.2, 0.25) is 5.91 Å². The number of methoxy groups -OCH3 is 1. The van der Waals surface area contributed by atoms with Crippen LogP contribution in [-0.2, 0) is 12.0 Å². The van der Waals surface area contributed by atoms with Crippen molar-refractivity contribution in [1.82, 2.24) is 5.32 Å². The van der Waals surface area contributed by atoms with Gasteiger partial charge in [-0.05, 0) is 36.9 Å². The van der Waals surface area contributed by atoms with E-state index < -0.39 is 17.3 Å². The molecule has 5 nitrogen and oxygen atoms in total. The third kappa shape index (κ3) is 3.52. The van der Waals surface area contributed by atoms with Crippen molar-refractivity contribution in [3.8, 4) is 22.6 Å². The monoisotopic (exact) mass is 440 g/mol. The first-order valence-corrected chi connectivity index (χ1v) is 10.2. The second-order valence-corrected chi connectivity index (χ2v) is 7.84. The topological polar surface area (TPSA) is 73.6 Å². The molecular formula is C24H22ClFN2O3. The maximum Gasteiger partial charge on any atom is 0.249 e. The number of hydrogen-bond acceptors (Lipinski definition) is 4. The molecule has 160 valence electrons. The van der Waals surface area contributed by atoms with Gasteiger partial charge in [-0.15, -0.1) is 0 Å². The van der Waals surface area contributed by atoms with Crippen LogP contribution in [0, 0.1) is 5.82 Å². The van der Waals surface area contributed by atoms with Crippen molar-refractivity contribution in [3.63, 3.8) is 0 Å². The highest BCUT2D eigenvalue weighted by Gasteiger charge is 2.43. The Hall–Kier alpha value is -3.09. The Morgan fingerprint density at radius 3 is 2.58 bits per heavy atom. The molecule has 0 saturated carbocycles.